The van der Waals surface area contributed by atoms with Gasteiger partial charge in [-0.05, 0) is 63.6 Å². The van der Waals surface area contributed by atoms with E-state index in [1.165, 1.54) is 4.90 Å². The number of nitrogens with zero attached hydrogens (tertiary/aromatic N) is 1. The summed E-state index contributed by atoms with van der Waals surface area (Å²) in [5, 5.41) is 2.65. The monoisotopic (exact) mass is 684 g/mol. The Balaban J connectivity index is 2.90. The third-order valence-corrected chi connectivity index (χ3v) is 12.9. The largest absolute Gasteiger partial charge is 0.461 e. The highest BCUT2D eigenvalue weighted by atomic mass is 35.6. The molecule has 0 bridgehead atoms. The fraction of sp³-hybridized carbons (Fsp3) is 0.800. The number of esters is 2. The van der Waals surface area contributed by atoms with E-state index in [-0.39, 0.29) is 23.4 Å². The predicted molar refractivity (Wildman–Crippen MR) is 174 cm³/mol. The van der Waals surface area contributed by atoms with Gasteiger partial charge in [0.15, 0.2) is 14.4 Å². The molecule has 2 amide bonds. The van der Waals surface area contributed by atoms with Gasteiger partial charge in [0.05, 0.1) is 17.9 Å². The third-order valence-electron chi connectivity index (χ3n) is 8.12. The Morgan fingerprint density at radius 2 is 1.70 bits per heavy atom. The molecule has 0 aromatic heterocycles. The SMILES string of the molecule is C=CCC[C@@H](O[Si](C)(C)C(C)(C)C)[C@@H](C)C(=O)O[C@H](C(=O)N[C@@H](C)C(=O)N1CCC[C@@H](C(=O)OCC(Cl)(Cl)Cl)C1)C(C)C. The van der Waals surface area contributed by atoms with E-state index in [1.54, 1.807) is 33.8 Å². The number of hydrogen-bond donors (Lipinski definition) is 1. The highest BCUT2D eigenvalue weighted by Crippen LogP contribution is 2.39. The molecule has 248 valence electrons. The molecule has 1 fully saturated rings. The van der Waals surface area contributed by atoms with Gasteiger partial charge in [0, 0.05) is 13.1 Å². The molecule has 0 unspecified atom stereocenters. The molecule has 1 heterocycles. The van der Waals surface area contributed by atoms with Crippen LogP contribution in [-0.4, -0.2) is 78.7 Å². The first-order valence-electron chi connectivity index (χ1n) is 14.9. The van der Waals surface area contributed by atoms with Crippen LogP contribution in [0.3, 0.4) is 0 Å². The number of likely N-dealkylation sites (tertiary alicyclic amines) is 1. The smallest absolute Gasteiger partial charge is 0.312 e. The molecule has 13 heteroatoms. The van der Waals surface area contributed by atoms with E-state index < -0.39 is 66.6 Å². The van der Waals surface area contributed by atoms with Crippen molar-refractivity contribution < 1.29 is 33.1 Å². The first kappa shape index (κ1) is 39.7. The summed E-state index contributed by atoms with van der Waals surface area (Å²) in [7, 11) is -2.20. The lowest BCUT2D eigenvalue weighted by Crippen LogP contribution is -2.54. The van der Waals surface area contributed by atoms with Crippen molar-refractivity contribution in [2.75, 3.05) is 19.7 Å². The summed E-state index contributed by atoms with van der Waals surface area (Å²) in [5.41, 5.74) is 0. The van der Waals surface area contributed by atoms with Crippen molar-refractivity contribution in [3.8, 4) is 0 Å². The first-order valence-corrected chi connectivity index (χ1v) is 19.0. The molecule has 1 aliphatic heterocycles. The molecule has 5 atom stereocenters. The average molecular weight is 686 g/mol. The van der Waals surface area contributed by atoms with Crippen molar-refractivity contribution in [2.45, 2.75) is 114 Å². The van der Waals surface area contributed by atoms with E-state index in [4.69, 9.17) is 48.7 Å². The van der Waals surface area contributed by atoms with E-state index >= 15 is 0 Å². The Morgan fingerprint density at radius 3 is 2.21 bits per heavy atom. The van der Waals surface area contributed by atoms with E-state index in [0.29, 0.717) is 32.2 Å². The van der Waals surface area contributed by atoms with Gasteiger partial charge in [0.2, 0.25) is 9.70 Å². The normalized spacial score (nSPS) is 19.2. The maximum absolute atomic E-state index is 13.3. The molecular weight excluding hydrogens is 635 g/mol. The number of allylic oxidation sites excluding steroid dienone is 1. The molecular formula is C30H51Cl3N2O7Si. The lowest BCUT2D eigenvalue weighted by Gasteiger charge is -2.40. The molecule has 0 spiro atoms. The average Bonchev–Trinajstić information content (AvgIpc) is 2.90. The van der Waals surface area contributed by atoms with Crippen LogP contribution in [0.4, 0.5) is 0 Å². The molecule has 0 aromatic carbocycles. The maximum Gasteiger partial charge on any atom is 0.312 e. The Kier molecular flexibility index (Phi) is 15.5. The molecule has 1 N–H and O–H groups in total. The van der Waals surface area contributed by atoms with Crippen LogP contribution in [0.25, 0.3) is 0 Å². The minimum Gasteiger partial charge on any atom is -0.461 e. The molecule has 9 nitrogen and oxygen atoms in total. The lowest BCUT2D eigenvalue weighted by molar-refractivity contribution is -0.165. The number of hydrogen-bond acceptors (Lipinski definition) is 7. The van der Waals surface area contributed by atoms with Gasteiger partial charge in [0.25, 0.3) is 5.91 Å². The van der Waals surface area contributed by atoms with Gasteiger partial charge in [0.1, 0.15) is 12.6 Å². The topological polar surface area (TPSA) is 111 Å². The third kappa shape index (κ3) is 12.9. The number of ether oxygens (including phenoxy) is 2. The highest BCUT2D eigenvalue weighted by molar-refractivity contribution is 6.74. The Labute approximate surface area is 273 Å². The zero-order valence-corrected chi connectivity index (χ0v) is 30.4. The quantitative estimate of drug-likeness (QED) is 0.100. The van der Waals surface area contributed by atoms with E-state index in [2.05, 4.69) is 45.8 Å². The van der Waals surface area contributed by atoms with Crippen LogP contribution in [-0.2, 0) is 33.1 Å². The van der Waals surface area contributed by atoms with Crippen LogP contribution in [0, 0.1) is 17.8 Å². The number of carbonyl (C=O) groups is 4. The van der Waals surface area contributed by atoms with Gasteiger partial charge in [-0.25, -0.2) is 0 Å². The van der Waals surface area contributed by atoms with Crippen LogP contribution in [0.15, 0.2) is 12.7 Å². The fourth-order valence-corrected chi connectivity index (χ4v) is 5.99. The van der Waals surface area contributed by atoms with Gasteiger partial charge < -0.3 is 24.1 Å². The standard InChI is InChI=1S/C30H51Cl3N2O7Si/c1-11-12-15-23(42-43(9,10)29(6,7)8)20(4)27(38)41-24(19(2)3)25(36)34-21(5)26(37)35-16-13-14-22(17-35)28(39)40-18-30(31,32)33/h11,19-24H,1,12-18H2,2-10H3,(H,34,36)/t20-,21+,22-,23-,24+/m1/s1. The molecule has 1 aliphatic rings. The minimum atomic E-state index is -2.20. The van der Waals surface area contributed by atoms with Crippen LogP contribution in [0.5, 0.6) is 0 Å². The van der Waals surface area contributed by atoms with E-state index in [0.717, 1.165) is 0 Å². The first-order chi connectivity index (χ1) is 19.6. The fourth-order valence-electron chi connectivity index (χ4n) is 4.40. The Morgan fingerprint density at radius 1 is 1.09 bits per heavy atom. The number of alkyl halides is 3. The summed E-state index contributed by atoms with van der Waals surface area (Å²) in [5.74, 6) is -3.55. The van der Waals surface area contributed by atoms with Gasteiger partial charge in [-0.1, -0.05) is 75.5 Å². The summed E-state index contributed by atoms with van der Waals surface area (Å²) in [6, 6.07) is -0.914. The lowest BCUT2D eigenvalue weighted by atomic mass is 9.97. The van der Waals surface area contributed by atoms with Crippen molar-refractivity contribution >= 4 is 66.9 Å². The number of amides is 2. The predicted octanol–water partition coefficient (Wildman–Crippen LogP) is 6.20. The van der Waals surface area contributed by atoms with Gasteiger partial charge in [-0.2, -0.15) is 0 Å². The second kappa shape index (κ2) is 16.8. The van der Waals surface area contributed by atoms with Crippen molar-refractivity contribution in [3.63, 3.8) is 0 Å². The summed E-state index contributed by atoms with van der Waals surface area (Å²) in [4.78, 5) is 53.8. The number of nitrogens with one attached hydrogen (secondary N) is 1. The zero-order chi connectivity index (χ0) is 33.3. The van der Waals surface area contributed by atoms with Gasteiger partial charge >= 0.3 is 11.9 Å². The van der Waals surface area contributed by atoms with Crippen molar-refractivity contribution in [1.29, 1.82) is 0 Å². The van der Waals surface area contributed by atoms with Crippen molar-refractivity contribution in [1.82, 2.24) is 10.2 Å². The zero-order valence-electron chi connectivity index (χ0n) is 27.1. The van der Waals surface area contributed by atoms with Crippen LogP contribution >= 0.6 is 34.8 Å². The minimum absolute atomic E-state index is 0.0504. The molecule has 43 heavy (non-hydrogen) atoms. The number of halogens is 3. The second-order valence-electron chi connectivity index (χ2n) is 13.2. The molecule has 0 aromatic rings. The number of piperidine rings is 1. The van der Waals surface area contributed by atoms with Crippen molar-refractivity contribution in [3.05, 3.63) is 12.7 Å². The van der Waals surface area contributed by atoms with Gasteiger partial charge in [-0.3, -0.25) is 19.2 Å². The molecule has 1 saturated heterocycles. The summed E-state index contributed by atoms with van der Waals surface area (Å²) < 4.78 is 15.7. The van der Waals surface area contributed by atoms with Crippen molar-refractivity contribution in [2.24, 2.45) is 17.8 Å². The van der Waals surface area contributed by atoms with Crippen LogP contribution in [0.1, 0.15) is 74.1 Å². The second-order valence-corrected chi connectivity index (χ2v) is 20.5. The van der Waals surface area contributed by atoms with Crippen LogP contribution in [0.2, 0.25) is 18.1 Å². The summed E-state index contributed by atoms with van der Waals surface area (Å²) >= 11 is 17.0. The molecule has 0 aliphatic carbocycles. The van der Waals surface area contributed by atoms with E-state index in [9.17, 15) is 19.2 Å². The summed E-state index contributed by atoms with van der Waals surface area (Å²) in [6.45, 7) is 21.5. The molecule has 1 rings (SSSR count). The summed E-state index contributed by atoms with van der Waals surface area (Å²) in [6.07, 6.45) is 2.67. The highest BCUT2D eigenvalue weighted by Gasteiger charge is 2.42. The maximum atomic E-state index is 13.3. The Bertz CT molecular complexity index is 982. The number of rotatable bonds is 14. The van der Waals surface area contributed by atoms with E-state index in [1.807, 2.05) is 0 Å². The molecule has 0 saturated carbocycles. The number of carbonyl (C=O) groups excluding carboxylic acids is 4. The van der Waals surface area contributed by atoms with Crippen LogP contribution < -0.4 is 5.32 Å². The molecule has 0 radical (unpaired) electrons. The van der Waals surface area contributed by atoms with Gasteiger partial charge in [-0.15, -0.1) is 6.58 Å². The Hall–Kier alpha value is -1.33.